The molecular weight excluding hydrogens is 190 g/mol. The molecule has 0 spiro atoms. The van der Waals surface area contributed by atoms with Crippen molar-refractivity contribution in [3.63, 3.8) is 0 Å². The van der Waals surface area contributed by atoms with Crippen molar-refractivity contribution < 1.29 is 9.47 Å². The van der Waals surface area contributed by atoms with Gasteiger partial charge in [-0.15, -0.1) is 0 Å². The predicted molar refractivity (Wildman–Crippen MR) is 62.2 cm³/mol. The summed E-state index contributed by atoms with van der Waals surface area (Å²) in [6, 6.07) is 0.551. The van der Waals surface area contributed by atoms with E-state index in [9.17, 15) is 0 Å². The largest absolute Gasteiger partial charge is 0.385 e. The number of likely N-dealkylation sites (N-methyl/N-ethyl adjacent to an activating group) is 1. The molecule has 1 aliphatic carbocycles. The summed E-state index contributed by atoms with van der Waals surface area (Å²) in [6.07, 6.45) is 7.88. The monoisotopic (exact) mass is 215 g/mol. The van der Waals surface area contributed by atoms with Crippen LogP contribution in [-0.2, 0) is 9.47 Å². The first-order valence-corrected chi connectivity index (χ1v) is 6.16. The van der Waals surface area contributed by atoms with Crippen molar-refractivity contribution in [1.29, 1.82) is 0 Å². The minimum Gasteiger partial charge on any atom is -0.385 e. The molecule has 2 atom stereocenters. The van der Waals surface area contributed by atoms with Crippen molar-refractivity contribution in [3.8, 4) is 0 Å². The molecule has 90 valence electrons. The maximum Gasteiger partial charge on any atom is 0.0727 e. The molecule has 1 N–H and O–H groups in total. The fraction of sp³-hybridized carbons (Fsp3) is 1.00. The molecule has 1 rings (SSSR count). The van der Waals surface area contributed by atoms with Crippen molar-refractivity contribution in [2.45, 2.75) is 50.7 Å². The van der Waals surface area contributed by atoms with Gasteiger partial charge in [-0.1, -0.05) is 19.3 Å². The first-order chi connectivity index (χ1) is 7.38. The van der Waals surface area contributed by atoms with E-state index in [1.54, 1.807) is 7.11 Å². The third kappa shape index (κ3) is 4.96. The number of ether oxygens (including phenoxy) is 2. The zero-order valence-electron chi connectivity index (χ0n) is 10.1. The number of nitrogens with one attached hydrogen (secondary N) is 1. The molecule has 0 aromatic carbocycles. The predicted octanol–water partition coefficient (Wildman–Crippen LogP) is 1.96. The fourth-order valence-electron chi connectivity index (χ4n) is 2.24. The van der Waals surface area contributed by atoms with Crippen LogP contribution >= 0.6 is 0 Å². The van der Waals surface area contributed by atoms with Crippen LogP contribution in [0, 0.1) is 0 Å². The van der Waals surface area contributed by atoms with Crippen molar-refractivity contribution in [2.75, 3.05) is 27.4 Å². The summed E-state index contributed by atoms with van der Waals surface area (Å²) in [5.41, 5.74) is 0. The number of methoxy groups -OCH3 is 1. The van der Waals surface area contributed by atoms with Crippen LogP contribution in [0.2, 0.25) is 0 Å². The molecular formula is C12H25NO2. The Kier molecular flexibility index (Phi) is 6.98. The highest BCUT2D eigenvalue weighted by molar-refractivity contribution is 4.78. The lowest BCUT2D eigenvalue weighted by Gasteiger charge is -2.24. The lowest BCUT2D eigenvalue weighted by molar-refractivity contribution is 0.0141. The number of rotatable bonds is 6. The molecule has 0 bridgehead atoms. The lowest BCUT2D eigenvalue weighted by Crippen LogP contribution is -2.38. The smallest absolute Gasteiger partial charge is 0.0727 e. The van der Waals surface area contributed by atoms with E-state index in [2.05, 4.69) is 5.32 Å². The van der Waals surface area contributed by atoms with Crippen molar-refractivity contribution in [2.24, 2.45) is 0 Å². The molecule has 0 amide bonds. The molecule has 0 aromatic rings. The fourth-order valence-corrected chi connectivity index (χ4v) is 2.24. The van der Waals surface area contributed by atoms with Gasteiger partial charge in [-0.25, -0.2) is 0 Å². The highest BCUT2D eigenvalue weighted by Crippen LogP contribution is 2.20. The summed E-state index contributed by atoms with van der Waals surface area (Å²) in [5.74, 6) is 0. The molecule has 15 heavy (non-hydrogen) atoms. The summed E-state index contributed by atoms with van der Waals surface area (Å²) in [6.45, 7) is 1.63. The SMILES string of the molecule is CNC1CCCCCC1OCCCOC. The third-order valence-electron chi connectivity index (χ3n) is 3.15. The van der Waals surface area contributed by atoms with Crippen molar-refractivity contribution in [1.82, 2.24) is 5.32 Å². The number of hydrogen-bond acceptors (Lipinski definition) is 3. The van der Waals surface area contributed by atoms with Crippen molar-refractivity contribution >= 4 is 0 Å². The van der Waals surface area contributed by atoms with Gasteiger partial charge >= 0.3 is 0 Å². The van der Waals surface area contributed by atoms with Gasteiger partial charge in [0.05, 0.1) is 6.10 Å². The van der Waals surface area contributed by atoms with E-state index in [-0.39, 0.29) is 0 Å². The van der Waals surface area contributed by atoms with E-state index < -0.39 is 0 Å². The molecule has 1 aliphatic rings. The number of hydrogen-bond donors (Lipinski definition) is 1. The summed E-state index contributed by atoms with van der Waals surface area (Å²) in [7, 11) is 3.78. The first kappa shape index (κ1) is 12.9. The molecule has 3 heteroatoms. The van der Waals surface area contributed by atoms with E-state index in [0.29, 0.717) is 12.1 Å². The van der Waals surface area contributed by atoms with E-state index in [1.807, 2.05) is 7.05 Å². The lowest BCUT2D eigenvalue weighted by atomic mass is 10.1. The minimum atomic E-state index is 0.411. The average Bonchev–Trinajstić information content (AvgIpc) is 2.49. The molecule has 0 saturated heterocycles. The Morgan fingerprint density at radius 1 is 1.13 bits per heavy atom. The summed E-state index contributed by atoms with van der Waals surface area (Å²) >= 11 is 0. The van der Waals surface area contributed by atoms with Crippen LogP contribution in [0.1, 0.15) is 38.5 Å². The Balaban J connectivity index is 2.22. The molecule has 0 radical (unpaired) electrons. The Morgan fingerprint density at radius 2 is 1.93 bits per heavy atom. The highest BCUT2D eigenvalue weighted by Gasteiger charge is 2.22. The maximum absolute atomic E-state index is 5.93. The van der Waals surface area contributed by atoms with Crippen molar-refractivity contribution in [3.05, 3.63) is 0 Å². The Bertz CT molecular complexity index is 153. The molecule has 3 nitrogen and oxygen atoms in total. The van der Waals surface area contributed by atoms with Gasteiger partial charge in [-0.05, 0) is 26.3 Å². The van der Waals surface area contributed by atoms with E-state index in [4.69, 9.17) is 9.47 Å². The van der Waals surface area contributed by atoms with Crippen LogP contribution < -0.4 is 5.32 Å². The average molecular weight is 215 g/mol. The normalized spacial score (nSPS) is 27.6. The van der Waals surface area contributed by atoms with Gasteiger partial charge in [0.2, 0.25) is 0 Å². The van der Waals surface area contributed by atoms with Gasteiger partial charge < -0.3 is 14.8 Å². The van der Waals surface area contributed by atoms with Crippen LogP contribution in [0.4, 0.5) is 0 Å². The van der Waals surface area contributed by atoms with Crippen LogP contribution in [-0.4, -0.2) is 39.5 Å². The first-order valence-electron chi connectivity index (χ1n) is 6.16. The Hall–Kier alpha value is -0.120. The summed E-state index contributed by atoms with van der Waals surface area (Å²) in [5, 5.41) is 3.38. The molecule has 0 aliphatic heterocycles. The van der Waals surface area contributed by atoms with Crippen LogP contribution in [0.15, 0.2) is 0 Å². The van der Waals surface area contributed by atoms with Gasteiger partial charge in [0.1, 0.15) is 0 Å². The van der Waals surface area contributed by atoms with Gasteiger partial charge in [-0.3, -0.25) is 0 Å². The second-order valence-electron chi connectivity index (χ2n) is 4.29. The Labute approximate surface area is 93.5 Å². The summed E-state index contributed by atoms with van der Waals surface area (Å²) in [4.78, 5) is 0. The quantitative estimate of drug-likeness (QED) is 0.543. The van der Waals surface area contributed by atoms with E-state index >= 15 is 0 Å². The highest BCUT2D eigenvalue weighted by atomic mass is 16.5. The molecule has 1 fully saturated rings. The summed E-state index contributed by atoms with van der Waals surface area (Å²) < 4.78 is 10.9. The zero-order valence-corrected chi connectivity index (χ0v) is 10.1. The standard InChI is InChI=1S/C12H25NO2/c1-13-11-7-4-3-5-8-12(11)15-10-6-9-14-2/h11-13H,3-10H2,1-2H3. The second kappa shape index (κ2) is 8.08. The van der Waals surface area contributed by atoms with Gasteiger partial charge in [0.25, 0.3) is 0 Å². The van der Waals surface area contributed by atoms with Gasteiger partial charge in [-0.2, -0.15) is 0 Å². The van der Waals surface area contributed by atoms with Crippen LogP contribution in [0.25, 0.3) is 0 Å². The molecule has 0 aromatic heterocycles. The maximum atomic E-state index is 5.93. The molecule has 1 saturated carbocycles. The topological polar surface area (TPSA) is 30.5 Å². The molecule has 0 heterocycles. The third-order valence-corrected chi connectivity index (χ3v) is 3.15. The van der Waals surface area contributed by atoms with E-state index in [1.165, 1.54) is 32.1 Å². The zero-order chi connectivity index (χ0) is 10.9. The Morgan fingerprint density at radius 3 is 2.67 bits per heavy atom. The second-order valence-corrected chi connectivity index (χ2v) is 4.29. The van der Waals surface area contributed by atoms with Gasteiger partial charge in [0.15, 0.2) is 0 Å². The van der Waals surface area contributed by atoms with Crippen LogP contribution in [0.3, 0.4) is 0 Å². The van der Waals surface area contributed by atoms with Crippen LogP contribution in [0.5, 0.6) is 0 Å². The van der Waals surface area contributed by atoms with Gasteiger partial charge in [0, 0.05) is 26.4 Å². The van der Waals surface area contributed by atoms with E-state index in [0.717, 1.165) is 19.6 Å². The molecule has 2 unspecified atom stereocenters. The minimum absolute atomic E-state index is 0.411.